The number of benzene rings is 1. The molecule has 0 N–H and O–H groups in total. The van der Waals surface area contributed by atoms with Crippen LogP contribution in [-0.2, 0) is 11.3 Å². The summed E-state index contributed by atoms with van der Waals surface area (Å²) in [6.45, 7) is 2.02. The average Bonchev–Trinajstić information content (AvgIpc) is 2.72. The minimum absolute atomic E-state index is 0.00351. The van der Waals surface area contributed by atoms with Crippen molar-refractivity contribution in [2.75, 3.05) is 27.3 Å². The smallest absolute Gasteiger partial charge is 0.250 e. The maximum absolute atomic E-state index is 12.8. The Morgan fingerprint density at radius 3 is 2.68 bits per heavy atom. The molecule has 1 amide bonds. The molecular weight excluding hydrogens is 356 g/mol. The predicted octanol–water partition coefficient (Wildman–Crippen LogP) is 2.52. The van der Waals surface area contributed by atoms with Crippen LogP contribution in [0.2, 0.25) is 0 Å². The number of hydrogen-bond donors (Lipinski definition) is 0. The number of fused-ring (bicyclic) bond motifs is 4. The van der Waals surface area contributed by atoms with Gasteiger partial charge in [0, 0.05) is 43.4 Å². The van der Waals surface area contributed by atoms with Gasteiger partial charge >= 0.3 is 0 Å². The van der Waals surface area contributed by atoms with Crippen molar-refractivity contribution < 1.29 is 14.3 Å². The zero-order chi connectivity index (χ0) is 19.7. The van der Waals surface area contributed by atoms with E-state index in [0.717, 1.165) is 17.7 Å². The number of carbonyl (C=O) groups excluding carboxylic acids is 1. The third-order valence-corrected chi connectivity index (χ3v) is 5.62. The van der Waals surface area contributed by atoms with E-state index in [9.17, 15) is 9.59 Å². The highest BCUT2D eigenvalue weighted by atomic mass is 16.5. The summed E-state index contributed by atoms with van der Waals surface area (Å²) in [5.74, 6) is 1.83. The van der Waals surface area contributed by atoms with Crippen molar-refractivity contribution in [1.29, 1.82) is 0 Å². The number of rotatable bonds is 4. The quantitative estimate of drug-likeness (QED) is 0.765. The van der Waals surface area contributed by atoms with Crippen molar-refractivity contribution in [2.24, 2.45) is 5.92 Å². The number of ether oxygens (including phenoxy) is 2. The average molecular weight is 380 g/mol. The molecule has 1 fully saturated rings. The van der Waals surface area contributed by atoms with Crippen molar-refractivity contribution in [2.45, 2.75) is 18.9 Å². The predicted molar refractivity (Wildman–Crippen MR) is 107 cm³/mol. The number of hydrogen-bond acceptors (Lipinski definition) is 4. The zero-order valence-corrected chi connectivity index (χ0v) is 16.1. The first-order chi connectivity index (χ1) is 13.6. The number of amides is 1. The standard InChI is InChI=1S/C22H24N2O4/c1-27-19-8-6-15(11-20(19)28-2)7-9-21(25)23-12-16-10-17(14-23)18-4-3-5-22(26)24(18)13-16/h3-9,11,16-17H,10,12-14H2,1-2H3/b9-7+. The Bertz CT molecular complexity index is 979. The Hall–Kier alpha value is -3.02. The molecule has 6 heteroatoms. The highest BCUT2D eigenvalue weighted by Crippen LogP contribution is 2.35. The third-order valence-electron chi connectivity index (χ3n) is 5.62. The van der Waals surface area contributed by atoms with Gasteiger partial charge in [-0.2, -0.15) is 0 Å². The van der Waals surface area contributed by atoms with Crippen LogP contribution in [0, 0.1) is 5.92 Å². The third kappa shape index (κ3) is 3.42. The number of piperidine rings is 1. The lowest BCUT2D eigenvalue weighted by atomic mass is 9.83. The van der Waals surface area contributed by atoms with E-state index in [2.05, 4.69) is 0 Å². The molecule has 1 saturated heterocycles. The number of likely N-dealkylation sites (tertiary alicyclic amines) is 1. The highest BCUT2D eigenvalue weighted by Gasteiger charge is 2.35. The van der Waals surface area contributed by atoms with E-state index in [1.165, 1.54) is 0 Å². The molecule has 1 aromatic heterocycles. The van der Waals surface area contributed by atoms with Gasteiger partial charge in [-0.1, -0.05) is 12.1 Å². The van der Waals surface area contributed by atoms with Gasteiger partial charge in [0.2, 0.25) is 5.91 Å². The molecule has 2 aliphatic heterocycles. The normalized spacial score (nSPS) is 20.7. The first-order valence-electron chi connectivity index (χ1n) is 9.48. The van der Waals surface area contributed by atoms with Gasteiger partial charge in [0.05, 0.1) is 14.2 Å². The molecule has 2 bridgehead atoms. The monoisotopic (exact) mass is 380 g/mol. The van der Waals surface area contributed by atoms with Crippen molar-refractivity contribution in [3.63, 3.8) is 0 Å². The summed E-state index contributed by atoms with van der Waals surface area (Å²) in [4.78, 5) is 26.8. The Labute approximate surface area is 164 Å². The molecule has 4 rings (SSSR count). The second-order valence-corrected chi connectivity index (χ2v) is 7.39. The summed E-state index contributed by atoms with van der Waals surface area (Å²) in [6, 6.07) is 11.0. The summed E-state index contributed by atoms with van der Waals surface area (Å²) in [5, 5.41) is 0. The van der Waals surface area contributed by atoms with Gasteiger partial charge in [-0.15, -0.1) is 0 Å². The van der Waals surface area contributed by atoms with E-state index in [4.69, 9.17) is 9.47 Å². The maximum Gasteiger partial charge on any atom is 0.250 e. The maximum atomic E-state index is 12.8. The topological polar surface area (TPSA) is 60.8 Å². The van der Waals surface area contributed by atoms with E-state index in [0.29, 0.717) is 37.1 Å². The summed E-state index contributed by atoms with van der Waals surface area (Å²) >= 11 is 0. The largest absolute Gasteiger partial charge is 0.493 e. The van der Waals surface area contributed by atoms with Gasteiger partial charge in [0.1, 0.15) is 0 Å². The van der Waals surface area contributed by atoms with Crippen molar-refractivity contribution >= 4 is 12.0 Å². The summed E-state index contributed by atoms with van der Waals surface area (Å²) in [5.41, 5.74) is 1.98. The molecule has 2 aromatic rings. The number of methoxy groups -OCH3 is 2. The fraction of sp³-hybridized carbons (Fsp3) is 0.364. The van der Waals surface area contributed by atoms with E-state index in [1.54, 1.807) is 32.4 Å². The van der Waals surface area contributed by atoms with Gasteiger partial charge in [-0.05, 0) is 42.2 Å². The van der Waals surface area contributed by atoms with Crippen LogP contribution in [0.15, 0.2) is 47.3 Å². The van der Waals surface area contributed by atoms with E-state index < -0.39 is 0 Å². The van der Waals surface area contributed by atoms with Crippen LogP contribution in [0.4, 0.5) is 0 Å². The van der Waals surface area contributed by atoms with Crippen molar-refractivity contribution in [3.05, 3.63) is 64.1 Å². The minimum atomic E-state index is -0.00351. The molecular formula is C22H24N2O4. The van der Waals surface area contributed by atoms with E-state index >= 15 is 0 Å². The molecule has 1 aromatic carbocycles. The Balaban J connectivity index is 1.49. The van der Waals surface area contributed by atoms with Crippen LogP contribution in [0.25, 0.3) is 6.08 Å². The zero-order valence-electron chi connectivity index (χ0n) is 16.1. The summed E-state index contributed by atoms with van der Waals surface area (Å²) in [7, 11) is 3.18. The lowest BCUT2D eigenvalue weighted by molar-refractivity contribution is -0.128. The number of pyridine rings is 1. The number of nitrogens with zero attached hydrogens (tertiary/aromatic N) is 2. The Kier molecular flexibility index (Phi) is 4.94. The molecule has 2 unspecified atom stereocenters. The molecule has 0 radical (unpaired) electrons. The van der Waals surface area contributed by atoms with Gasteiger partial charge in [0.25, 0.3) is 5.56 Å². The molecule has 2 atom stereocenters. The SMILES string of the molecule is COc1ccc(/C=C/C(=O)N2CC3CC(C2)c2cccc(=O)n2C3)cc1OC. The van der Waals surface area contributed by atoms with Crippen LogP contribution in [0.1, 0.15) is 23.6 Å². The second kappa shape index (κ2) is 7.54. The lowest BCUT2D eigenvalue weighted by Crippen LogP contribution is -2.48. The van der Waals surface area contributed by atoms with Crippen LogP contribution < -0.4 is 15.0 Å². The van der Waals surface area contributed by atoms with Gasteiger partial charge in [-0.3, -0.25) is 9.59 Å². The summed E-state index contributed by atoms with van der Waals surface area (Å²) < 4.78 is 12.4. The van der Waals surface area contributed by atoms with Crippen molar-refractivity contribution in [1.82, 2.24) is 9.47 Å². The second-order valence-electron chi connectivity index (χ2n) is 7.39. The minimum Gasteiger partial charge on any atom is -0.493 e. The fourth-order valence-corrected chi connectivity index (χ4v) is 4.31. The molecule has 0 spiro atoms. The number of carbonyl (C=O) groups is 1. The molecule has 146 valence electrons. The highest BCUT2D eigenvalue weighted by molar-refractivity contribution is 5.92. The number of aromatic nitrogens is 1. The van der Waals surface area contributed by atoms with E-state index in [-0.39, 0.29) is 17.4 Å². The lowest BCUT2D eigenvalue weighted by Gasteiger charge is -2.42. The molecule has 2 aliphatic rings. The van der Waals surface area contributed by atoms with Crippen LogP contribution in [0.3, 0.4) is 0 Å². The Morgan fingerprint density at radius 1 is 1.07 bits per heavy atom. The van der Waals surface area contributed by atoms with E-state index in [1.807, 2.05) is 39.8 Å². The molecule has 28 heavy (non-hydrogen) atoms. The van der Waals surface area contributed by atoms with Gasteiger partial charge in [-0.25, -0.2) is 0 Å². The molecule has 3 heterocycles. The van der Waals surface area contributed by atoms with Crippen LogP contribution in [-0.4, -0.2) is 42.7 Å². The molecule has 0 aliphatic carbocycles. The van der Waals surface area contributed by atoms with Gasteiger partial charge < -0.3 is 18.9 Å². The summed E-state index contributed by atoms with van der Waals surface area (Å²) in [6.07, 6.45) is 4.44. The van der Waals surface area contributed by atoms with Crippen molar-refractivity contribution in [3.8, 4) is 11.5 Å². The van der Waals surface area contributed by atoms with Crippen LogP contribution >= 0.6 is 0 Å². The Morgan fingerprint density at radius 2 is 1.89 bits per heavy atom. The van der Waals surface area contributed by atoms with Gasteiger partial charge in [0.15, 0.2) is 11.5 Å². The molecule has 6 nitrogen and oxygen atoms in total. The molecule has 0 saturated carbocycles. The fourth-order valence-electron chi connectivity index (χ4n) is 4.31. The van der Waals surface area contributed by atoms with Crippen LogP contribution in [0.5, 0.6) is 11.5 Å². The first kappa shape index (κ1) is 18.3. The first-order valence-corrected chi connectivity index (χ1v) is 9.48.